The zero-order chi connectivity index (χ0) is 12.7. The first-order valence-corrected chi connectivity index (χ1v) is 8.17. The molecule has 0 spiro atoms. The molecule has 0 aliphatic heterocycles. The molecule has 0 radical (unpaired) electrons. The Labute approximate surface area is 107 Å². The molecule has 1 aliphatic carbocycles. The van der Waals surface area contributed by atoms with E-state index in [-0.39, 0.29) is 11.5 Å². The van der Waals surface area contributed by atoms with Gasteiger partial charge >= 0.3 is 0 Å². The highest BCUT2D eigenvalue weighted by Gasteiger charge is 2.33. The molecule has 0 bridgehead atoms. The number of hydrogen-bond acceptors (Lipinski definition) is 3. The zero-order valence-corrected chi connectivity index (χ0v) is 12.1. The maximum absolute atomic E-state index is 12.1. The lowest BCUT2D eigenvalue weighted by Gasteiger charge is -2.17. The van der Waals surface area contributed by atoms with E-state index in [4.69, 9.17) is 0 Å². The fourth-order valence-electron chi connectivity index (χ4n) is 2.37. The van der Waals surface area contributed by atoms with Crippen LogP contribution < -0.4 is 4.72 Å². The van der Waals surface area contributed by atoms with Crippen molar-refractivity contribution in [1.82, 2.24) is 4.72 Å². The van der Waals surface area contributed by atoms with Gasteiger partial charge in [-0.05, 0) is 43.7 Å². The topological polar surface area (TPSA) is 46.2 Å². The fourth-order valence-corrected chi connectivity index (χ4v) is 4.94. The lowest BCUT2D eigenvalue weighted by atomic mass is 9.92. The molecule has 1 N–H and O–H groups in total. The number of nitrogens with one attached hydrogen (secondary N) is 1. The third-order valence-electron chi connectivity index (χ3n) is 3.27. The zero-order valence-electron chi connectivity index (χ0n) is 10.5. The first kappa shape index (κ1) is 13.1. The molecule has 1 aromatic rings. The first-order valence-electron chi connectivity index (χ1n) is 5.87. The van der Waals surface area contributed by atoms with Crippen molar-refractivity contribution >= 4 is 21.4 Å². The van der Waals surface area contributed by atoms with Crippen LogP contribution in [-0.4, -0.2) is 14.5 Å². The smallest absolute Gasteiger partial charge is 0.207 e. The van der Waals surface area contributed by atoms with Gasteiger partial charge in [0.05, 0.1) is 0 Å². The second kappa shape index (κ2) is 4.37. The number of thiophene rings is 1. The van der Waals surface area contributed by atoms with Gasteiger partial charge in [-0.3, -0.25) is 0 Å². The van der Waals surface area contributed by atoms with Crippen molar-refractivity contribution in [2.45, 2.75) is 50.3 Å². The van der Waals surface area contributed by atoms with Crippen LogP contribution in [-0.2, 0) is 10.0 Å². The first-order chi connectivity index (χ1) is 7.78. The van der Waals surface area contributed by atoms with Crippen LogP contribution in [0.2, 0.25) is 0 Å². The number of aryl methyl sites for hydroxylation is 1. The van der Waals surface area contributed by atoms with Crippen molar-refractivity contribution in [2.75, 3.05) is 0 Å². The molecule has 1 aliphatic rings. The Bertz CT molecular complexity index is 502. The molecular weight excluding hydrogens is 254 g/mol. The van der Waals surface area contributed by atoms with Crippen LogP contribution >= 0.6 is 11.3 Å². The van der Waals surface area contributed by atoms with Crippen molar-refractivity contribution in [3.63, 3.8) is 0 Å². The summed E-state index contributed by atoms with van der Waals surface area (Å²) in [6.07, 6.45) is 2.96. The van der Waals surface area contributed by atoms with E-state index in [2.05, 4.69) is 18.6 Å². The Morgan fingerprint density at radius 1 is 1.41 bits per heavy atom. The molecule has 96 valence electrons. The van der Waals surface area contributed by atoms with Crippen LogP contribution in [0.5, 0.6) is 0 Å². The standard InChI is InChI=1S/C12H19NO2S2/c1-9-4-5-11(16-9)17(14,15)13-10-6-7-12(2,3)8-10/h4-5,10,13H,6-8H2,1-3H3. The van der Waals surface area contributed by atoms with Crippen molar-refractivity contribution in [3.8, 4) is 0 Å². The summed E-state index contributed by atoms with van der Waals surface area (Å²) >= 11 is 1.33. The number of rotatable bonds is 3. The Morgan fingerprint density at radius 2 is 2.12 bits per heavy atom. The molecular formula is C12H19NO2S2. The van der Waals surface area contributed by atoms with E-state index in [1.807, 2.05) is 13.0 Å². The van der Waals surface area contributed by atoms with Gasteiger partial charge in [0.15, 0.2) is 0 Å². The molecule has 1 unspecified atom stereocenters. The van der Waals surface area contributed by atoms with E-state index in [1.54, 1.807) is 6.07 Å². The predicted molar refractivity (Wildman–Crippen MR) is 70.8 cm³/mol. The molecule has 0 aromatic carbocycles. The highest BCUT2D eigenvalue weighted by molar-refractivity contribution is 7.91. The second-order valence-corrected chi connectivity index (χ2v) is 8.82. The summed E-state index contributed by atoms with van der Waals surface area (Å²) in [5.74, 6) is 0. The van der Waals surface area contributed by atoms with Crippen molar-refractivity contribution < 1.29 is 8.42 Å². The minimum absolute atomic E-state index is 0.0948. The van der Waals surface area contributed by atoms with Crippen LogP contribution in [0.3, 0.4) is 0 Å². The summed E-state index contributed by atoms with van der Waals surface area (Å²) in [4.78, 5) is 1.03. The molecule has 0 amide bonds. The summed E-state index contributed by atoms with van der Waals surface area (Å²) in [5.41, 5.74) is 0.262. The molecule has 5 heteroatoms. The Kier molecular flexibility index (Phi) is 3.36. The Balaban J connectivity index is 2.09. The summed E-state index contributed by atoms with van der Waals surface area (Å²) < 4.78 is 27.5. The molecule has 17 heavy (non-hydrogen) atoms. The molecule has 1 aromatic heterocycles. The normalized spacial score (nSPS) is 24.1. The van der Waals surface area contributed by atoms with Gasteiger partial charge in [-0.1, -0.05) is 13.8 Å². The lowest BCUT2D eigenvalue weighted by Crippen LogP contribution is -2.33. The molecule has 0 saturated heterocycles. The van der Waals surface area contributed by atoms with Crippen molar-refractivity contribution in [1.29, 1.82) is 0 Å². The third-order valence-corrected chi connectivity index (χ3v) is 6.28. The molecule has 1 fully saturated rings. The quantitative estimate of drug-likeness (QED) is 0.920. The van der Waals surface area contributed by atoms with Gasteiger partial charge in [0.2, 0.25) is 10.0 Å². The van der Waals surface area contributed by atoms with E-state index in [9.17, 15) is 8.42 Å². The fraction of sp³-hybridized carbons (Fsp3) is 0.667. The minimum Gasteiger partial charge on any atom is -0.207 e. The van der Waals surface area contributed by atoms with Gasteiger partial charge in [-0.15, -0.1) is 11.3 Å². The Morgan fingerprint density at radius 3 is 2.59 bits per heavy atom. The van der Waals surface area contributed by atoms with Crippen molar-refractivity contribution in [3.05, 3.63) is 17.0 Å². The van der Waals surface area contributed by atoms with E-state index in [0.717, 1.165) is 24.1 Å². The molecule has 1 saturated carbocycles. The van der Waals surface area contributed by atoms with Gasteiger partial charge in [0, 0.05) is 10.9 Å². The maximum atomic E-state index is 12.1. The van der Waals surface area contributed by atoms with Crippen LogP contribution in [0.4, 0.5) is 0 Å². The van der Waals surface area contributed by atoms with E-state index < -0.39 is 10.0 Å². The highest BCUT2D eigenvalue weighted by atomic mass is 32.2. The summed E-state index contributed by atoms with van der Waals surface area (Å²) in [7, 11) is -3.30. The van der Waals surface area contributed by atoms with E-state index in [1.165, 1.54) is 11.3 Å². The molecule has 1 atom stereocenters. The number of sulfonamides is 1. The average molecular weight is 273 g/mol. The number of hydrogen-bond donors (Lipinski definition) is 1. The SMILES string of the molecule is Cc1ccc(S(=O)(=O)NC2CCC(C)(C)C2)s1. The van der Waals surface area contributed by atoms with Gasteiger partial charge in [0.1, 0.15) is 4.21 Å². The average Bonchev–Trinajstić information content (AvgIpc) is 2.72. The second-order valence-electron chi connectivity index (χ2n) is 5.59. The summed E-state index contributed by atoms with van der Waals surface area (Å²) in [5, 5.41) is 0. The third kappa shape index (κ3) is 3.09. The largest absolute Gasteiger partial charge is 0.250 e. The van der Waals surface area contributed by atoms with Crippen LogP contribution in [0, 0.1) is 12.3 Å². The maximum Gasteiger partial charge on any atom is 0.250 e. The van der Waals surface area contributed by atoms with Crippen LogP contribution in [0.15, 0.2) is 16.3 Å². The van der Waals surface area contributed by atoms with Crippen LogP contribution in [0.25, 0.3) is 0 Å². The van der Waals surface area contributed by atoms with Gasteiger partial charge in [-0.25, -0.2) is 13.1 Å². The monoisotopic (exact) mass is 273 g/mol. The van der Waals surface area contributed by atoms with E-state index in [0.29, 0.717) is 4.21 Å². The predicted octanol–water partition coefficient (Wildman–Crippen LogP) is 2.91. The van der Waals surface area contributed by atoms with Gasteiger partial charge in [-0.2, -0.15) is 0 Å². The van der Waals surface area contributed by atoms with Crippen molar-refractivity contribution in [2.24, 2.45) is 5.41 Å². The molecule has 3 nitrogen and oxygen atoms in total. The lowest BCUT2D eigenvalue weighted by molar-refractivity contribution is 0.372. The highest BCUT2D eigenvalue weighted by Crippen LogP contribution is 2.37. The minimum atomic E-state index is -3.30. The van der Waals surface area contributed by atoms with Gasteiger partial charge < -0.3 is 0 Å². The summed E-state index contributed by atoms with van der Waals surface area (Å²) in [6, 6.07) is 3.62. The summed E-state index contributed by atoms with van der Waals surface area (Å²) in [6.45, 7) is 6.30. The van der Waals surface area contributed by atoms with Gasteiger partial charge in [0.25, 0.3) is 0 Å². The van der Waals surface area contributed by atoms with Crippen LogP contribution in [0.1, 0.15) is 38.0 Å². The molecule has 2 rings (SSSR count). The molecule has 1 heterocycles. The van der Waals surface area contributed by atoms with E-state index >= 15 is 0 Å². The Hall–Kier alpha value is -0.390.